The molecule has 0 saturated carbocycles. The van der Waals surface area contributed by atoms with Crippen LogP contribution < -0.4 is 21.6 Å². The Morgan fingerprint density at radius 1 is 1.00 bits per heavy atom. The van der Waals surface area contributed by atoms with Crippen molar-refractivity contribution in [1.29, 1.82) is 0 Å². The van der Waals surface area contributed by atoms with Gasteiger partial charge < -0.3 is 21.6 Å². The van der Waals surface area contributed by atoms with Gasteiger partial charge in [0, 0.05) is 0 Å². The molecule has 0 saturated heterocycles. The van der Waals surface area contributed by atoms with Crippen molar-refractivity contribution in [2.45, 2.75) is 0 Å². The first-order valence-corrected chi connectivity index (χ1v) is 1.82. The van der Waals surface area contributed by atoms with Gasteiger partial charge in [-0.1, -0.05) is 0 Å². The summed E-state index contributed by atoms with van der Waals surface area (Å²) in [6.45, 7) is 0. The molecule has 0 rings (SSSR count). The SMILES string of the molecule is N[B-]N[B-]N[B-]N. The van der Waals surface area contributed by atoms with Crippen molar-refractivity contribution in [3.8, 4) is 0 Å². The molecule has 0 amide bonds. The number of rotatable bonds is 4. The van der Waals surface area contributed by atoms with E-state index in [0.717, 1.165) is 0 Å². The van der Waals surface area contributed by atoms with E-state index in [9.17, 15) is 0 Å². The van der Waals surface area contributed by atoms with Gasteiger partial charge in [-0.3, -0.25) is 7.55 Å². The van der Waals surface area contributed by atoms with Crippen molar-refractivity contribution in [2.75, 3.05) is 0 Å². The minimum absolute atomic E-state index is 1.29. The highest BCUT2D eigenvalue weighted by atomic mass is 14.9. The molecule has 0 aromatic heterocycles. The summed E-state index contributed by atoms with van der Waals surface area (Å²) in [6.07, 6.45) is 0. The lowest BCUT2D eigenvalue weighted by Crippen LogP contribution is -2.43. The van der Waals surface area contributed by atoms with Crippen LogP contribution in [0.2, 0.25) is 0 Å². The van der Waals surface area contributed by atoms with Gasteiger partial charge in [0.25, 0.3) is 0 Å². The lowest BCUT2D eigenvalue weighted by molar-refractivity contribution is 1.40. The Balaban J connectivity index is 2.45. The first kappa shape index (κ1) is 7.03. The van der Waals surface area contributed by atoms with Crippen molar-refractivity contribution in [3.05, 3.63) is 0 Å². The quantitative estimate of drug-likeness (QED) is 0.217. The Labute approximate surface area is 45.3 Å². The Bertz CT molecular complexity index is 26.1. The normalized spacial score (nSPS) is 9.43. The third-order valence-electron chi connectivity index (χ3n) is 0.359. The van der Waals surface area contributed by atoms with Crippen molar-refractivity contribution >= 4 is 22.6 Å². The summed E-state index contributed by atoms with van der Waals surface area (Å²) in [5.74, 6) is 0. The van der Waals surface area contributed by atoms with Gasteiger partial charge in [0.05, 0.1) is 0 Å². The molecule has 0 aliphatic carbocycles. The zero-order valence-corrected chi connectivity index (χ0v) is 3.89. The van der Waals surface area contributed by atoms with Crippen LogP contribution >= 0.6 is 0 Å². The third kappa shape index (κ3) is 6.03. The van der Waals surface area contributed by atoms with Gasteiger partial charge in [-0.2, -0.15) is 0 Å². The maximum absolute atomic E-state index is 4.91. The van der Waals surface area contributed by atoms with E-state index < -0.39 is 0 Å². The first-order valence-electron chi connectivity index (χ1n) is 1.82. The van der Waals surface area contributed by atoms with Gasteiger partial charge in [-0.25, -0.2) is 15.1 Å². The molecule has 4 nitrogen and oxygen atoms in total. The zero-order valence-electron chi connectivity index (χ0n) is 3.89. The van der Waals surface area contributed by atoms with Crippen molar-refractivity contribution < 1.29 is 0 Å². The van der Waals surface area contributed by atoms with Crippen LogP contribution in [0.25, 0.3) is 0 Å². The number of hydrogen-bond acceptors (Lipinski definition) is 4. The summed E-state index contributed by atoms with van der Waals surface area (Å²) < 4.78 is 0. The fourth-order valence-electron chi connectivity index (χ4n) is 0.144. The Morgan fingerprint density at radius 2 is 1.43 bits per heavy atom. The number of nitrogens with two attached hydrogens (primary N) is 2. The maximum Gasteiger partial charge on any atom is -0.222 e. The zero-order chi connectivity index (χ0) is 5.54. The Hall–Kier alpha value is 0.0348. The summed E-state index contributed by atoms with van der Waals surface area (Å²) in [5, 5.41) is 5.11. The van der Waals surface area contributed by atoms with Crippen LogP contribution in [0, 0.1) is 0 Å². The van der Waals surface area contributed by atoms with E-state index >= 15 is 0 Å². The van der Waals surface area contributed by atoms with Gasteiger partial charge in [-0.05, 0) is 0 Å². The predicted molar refractivity (Wildman–Crippen MR) is 31.9 cm³/mol. The van der Waals surface area contributed by atoms with Crippen LogP contribution in [0.3, 0.4) is 0 Å². The largest absolute Gasteiger partial charge is 0.742 e. The smallest absolute Gasteiger partial charge is 0.222 e. The first-order chi connectivity index (χ1) is 3.41. The lowest BCUT2D eigenvalue weighted by atomic mass is 9.97. The molecule has 0 aromatic carbocycles. The summed E-state index contributed by atoms with van der Waals surface area (Å²) in [4.78, 5) is 0. The number of hydrogen-bond donors (Lipinski definition) is 4. The molecular formula is H6B3N4-3. The van der Waals surface area contributed by atoms with Crippen LogP contribution in [0.5, 0.6) is 0 Å². The Morgan fingerprint density at radius 3 is 1.71 bits per heavy atom. The molecule has 6 radical (unpaired) electrons. The van der Waals surface area contributed by atoms with E-state index in [1.54, 1.807) is 0 Å². The molecule has 38 valence electrons. The van der Waals surface area contributed by atoms with Gasteiger partial charge >= 0.3 is 0 Å². The summed E-state index contributed by atoms with van der Waals surface area (Å²) >= 11 is 0. The molecule has 7 heavy (non-hydrogen) atoms. The molecule has 0 heterocycles. The minimum atomic E-state index is 1.29. The molecular weight excluding hydrogens is 88.5 g/mol. The predicted octanol–water partition coefficient (Wildman–Crippen LogP) is -3.31. The van der Waals surface area contributed by atoms with Gasteiger partial charge in [0.1, 0.15) is 0 Å². The fraction of sp³-hybridized carbons (Fsp3) is 0. The average Bonchev–Trinajstić information content (AvgIpc) is 1.69. The third-order valence-corrected chi connectivity index (χ3v) is 0.359. The van der Waals surface area contributed by atoms with Crippen LogP contribution in [-0.2, 0) is 0 Å². The Kier molecular flexibility index (Phi) is 6.06. The molecule has 7 heteroatoms. The average molecular weight is 94.5 g/mol. The van der Waals surface area contributed by atoms with Crippen LogP contribution in [0.15, 0.2) is 0 Å². The highest BCUT2D eigenvalue weighted by molar-refractivity contribution is 6.54. The van der Waals surface area contributed by atoms with E-state index in [2.05, 4.69) is 10.3 Å². The van der Waals surface area contributed by atoms with Crippen LogP contribution in [-0.4, -0.2) is 22.6 Å². The van der Waals surface area contributed by atoms with E-state index in [1.807, 2.05) is 0 Å². The van der Waals surface area contributed by atoms with Crippen molar-refractivity contribution in [3.63, 3.8) is 0 Å². The number of nitrogens with one attached hydrogen (secondary N) is 2. The van der Waals surface area contributed by atoms with Crippen molar-refractivity contribution in [1.82, 2.24) is 10.3 Å². The molecule has 0 unspecified atom stereocenters. The van der Waals surface area contributed by atoms with E-state index in [-0.39, 0.29) is 0 Å². The molecule has 0 bridgehead atoms. The fourth-order valence-corrected chi connectivity index (χ4v) is 0.144. The van der Waals surface area contributed by atoms with E-state index in [4.69, 9.17) is 11.3 Å². The second-order valence-corrected chi connectivity index (χ2v) is 0.811. The monoisotopic (exact) mass is 95.1 g/mol. The standard InChI is InChI=1S/B3H6N4/c4-1-6-3-7-2-5/h6-7H,4-5H2/q-3. The van der Waals surface area contributed by atoms with Gasteiger partial charge in [-0.15, -0.1) is 0 Å². The maximum atomic E-state index is 4.91. The van der Waals surface area contributed by atoms with E-state index in [0.29, 0.717) is 0 Å². The van der Waals surface area contributed by atoms with Gasteiger partial charge in [0.15, 0.2) is 0 Å². The topological polar surface area (TPSA) is 76.1 Å². The molecule has 0 fully saturated rings. The summed E-state index contributed by atoms with van der Waals surface area (Å²) in [7, 11) is 4.08. The van der Waals surface area contributed by atoms with E-state index in [1.165, 1.54) is 22.6 Å². The molecule has 0 aliphatic rings. The molecule has 0 spiro atoms. The lowest BCUT2D eigenvalue weighted by Gasteiger charge is -2.35. The highest BCUT2D eigenvalue weighted by Crippen LogP contribution is 1.30. The van der Waals surface area contributed by atoms with Crippen LogP contribution in [0.1, 0.15) is 0 Å². The second kappa shape index (κ2) is 6.03. The summed E-state index contributed by atoms with van der Waals surface area (Å²) in [6, 6.07) is 0. The second-order valence-electron chi connectivity index (χ2n) is 0.811. The van der Waals surface area contributed by atoms with Crippen LogP contribution in [0.4, 0.5) is 0 Å². The molecule has 0 aliphatic heterocycles. The molecule has 0 aromatic rings. The highest BCUT2D eigenvalue weighted by Gasteiger charge is 1.39. The van der Waals surface area contributed by atoms with Crippen molar-refractivity contribution in [2.24, 2.45) is 11.3 Å². The minimum Gasteiger partial charge on any atom is -0.742 e. The van der Waals surface area contributed by atoms with Gasteiger partial charge in [0.2, 0.25) is 0 Å². The molecule has 6 N–H and O–H groups in total. The summed E-state index contributed by atoms with van der Waals surface area (Å²) in [5.41, 5.74) is 9.81. The molecule has 0 atom stereocenters.